The summed E-state index contributed by atoms with van der Waals surface area (Å²) < 4.78 is 9.11. The smallest absolute Gasteiger partial charge is 0.362 e. The minimum Gasteiger partial charge on any atom is -0.507 e. The van der Waals surface area contributed by atoms with Crippen LogP contribution in [-0.2, 0) is 14.3 Å². The van der Waals surface area contributed by atoms with Gasteiger partial charge in [0.1, 0.15) is 6.61 Å². The molecule has 1 aromatic carbocycles. The van der Waals surface area contributed by atoms with Crippen LogP contribution in [0.3, 0.4) is 0 Å². The maximum atomic E-state index is 11.5. The van der Waals surface area contributed by atoms with Gasteiger partial charge in [0, 0.05) is 13.2 Å². The summed E-state index contributed by atoms with van der Waals surface area (Å²) in [6.07, 6.45) is 0. The zero-order valence-electron chi connectivity index (χ0n) is 11.3. The Labute approximate surface area is 119 Å². The molecule has 0 bridgehead atoms. The average molecular weight is 295 g/mol. The number of rotatable bonds is 6. The van der Waals surface area contributed by atoms with Gasteiger partial charge in [-0.1, -0.05) is 12.1 Å². The van der Waals surface area contributed by atoms with Crippen LogP contribution >= 0.6 is 0 Å². The van der Waals surface area contributed by atoms with E-state index in [1.54, 1.807) is 0 Å². The number of esters is 1. The number of hydrogen-bond acceptors (Lipinski definition) is 8. The largest absolute Gasteiger partial charge is 0.507 e. The molecule has 9 nitrogen and oxygen atoms in total. The molecule has 0 aliphatic carbocycles. The van der Waals surface area contributed by atoms with Crippen molar-refractivity contribution in [3.05, 3.63) is 45.8 Å². The third kappa shape index (κ3) is 4.35. The molecule has 1 N–H and O–H groups in total. The van der Waals surface area contributed by atoms with Crippen LogP contribution < -0.4 is 0 Å². The van der Waals surface area contributed by atoms with Crippen LogP contribution in [0.25, 0.3) is 0 Å². The molecule has 0 spiro atoms. The van der Waals surface area contributed by atoms with Gasteiger partial charge in [-0.2, -0.15) is 0 Å². The number of methoxy groups -OCH3 is 2. The molecule has 0 saturated heterocycles. The van der Waals surface area contributed by atoms with Crippen molar-refractivity contribution in [1.29, 1.82) is 0 Å². The van der Waals surface area contributed by atoms with Gasteiger partial charge in [-0.3, -0.25) is 10.1 Å². The molecule has 0 heterocycles. The highest BCUT2D eigenvalue weighted by Gasteiger charge is 2.17. The number of nitro groups is 1. The van der Waals surface area contributed by atoms with Gasteiger partial charge in [0.2, 0.25) is 5.70 Å². The molecule has 112 valence electrons. The number of para-hydroxylation sites is 1. The molecule has 0 aliphatic heterocycles. The summed E-state index contributed by atoms with van der Waals surface area (Å²) in [6, 6.07) is 5.59. The van der Waals surface area contributed by atoms with E-state index in [9.17, 15) is 20.0 Å². The molecular formula is C12H13N3O6. The fourth-order valence-electron chi connectivity index (χ4n) is 1.33. The van der Waals surface area contributed by atoms with Crippen molar-refractivity contribution in [3.63, 3.8) is 0 Å². The number of nitro benzene ring substituents is 1. The molecule has 0 aliphatic rings. The summed E-state index contributed by atoms with van der Waals surface area (Å²) in [7, 11) is 2.41. The lowest BCUT2D eigenvalue weighted by atomic mass is 10.3. The van der Waals surface area contributed by atoms with Gasteiger partial charge in [0.25, 0.3) is 5.69 Å². The molecule has 1 aromatic rings. The van der Waals surface area contributed by atoms with Gasteiger partial charge in [-0.25, -0.2) is 4.79 Å². The Kier molecular flexibility index (Phi) is 5.96. The number of aliphatic hydroxyl groups excluding tert-OH is 1. The Morgan fingerprint density at radius 2 is 2.05 bits per heavy atom. The van der Waals surface area contributed by atoms with Gasteiger partial charge in [-0.15, -0.1) is 10.2 Å². The van der Waals surface area contributed by atoms with E-state index in [0.717, 1.165) is 7.11 Å². The summed E-state index contributed by atoms with van der Waals surface area (Å²) in [6.45, 7) is -0.277. The molecule has 9 heteroatoms. The lowest BCUT2D eigenvalue weighted by Gasteiger charge is -2.03. The van der Waals surface area contributed by atoms with Crippen molar-refractivity contribution in [2.24, 2.45) is 10.2 Å². The molecule has 0 amide bonds. The monoisotopic (exact) mass is 295 g/mol. The molecule has 1 rings (SSSR count). The molecule has 0 unspecified atom stereocenters. The van der Waals surface area contributed by atoms with Crippen LogP contribution in [0, 0.1) is 10.1 Å². The van der Waals surface area contributed by atoms with Gasteiger partial charge >= 0.3 is 5.97 Å². The second-order valence-corrected chi connectivity index (χ2v) is 3.67. The van der Waals surface area contributed by atoms with Gasteiger partial charge in [0.05, 0.1) is 12.0 Å². The second kappa shape index (κ2) is 7.70. The number of benzene rings is 1. The van der Waals surface area contributed by atoms with E-state index in [1.807, 2.05) is 0 Å². The fourth-order valence-corrected chi connectivity index (χ4v) is 1.33. The van der Waals surface area contributed by atoms with Gasteiger partial charge in [0.15, 0.2) is 11.4 Å². The highest BCUT2D eigenvalue weighted by molar-refractivity contribution is 5.88. The Balaban J connectivity index is 3.18. The Bertz CT molecular complexity index is 596. The normalized spacial score (nSPS) is 12.1. The third-order valence-electron chi connectivity index (χ3n) is 2.27. The van der Waals surface area contributed by atoms with E-state index >= 15 is 0 Å². The number of carbonyl (C=O) groups is 1. The number of hydrogen-bond donors (Lipinski definition) is 1. The number of ether oxygens (including phenoxy) is 2. The molecular weight excluding hydrogens is 282 g/mol. The summed E-state index contributed by atoms with van der Waals surface area (Å²) in [4.78, 5) is 21.7. The third-order valence-corrected chi connectivity index (χ3v) is 2.27. The summed E-state index contributed by atoms with van der Waals surface area (Å²) in [5.74, 6) is -1.43. The second-order valence-electron chi connectivity index (χ2n) is 3.67. The lowest BCUT2D eigenvalue weighted by molar-refractivity contribution is -0.384. The summed E-state index contributed by atoms with van der Waals surface area (Å²) >= 11 is 0. The van der Waals surface area contributed by atoms with Crippen molar-refractivity contribution in [1.82, 2.24) is 0 Å². The first-order chi connectivity index (χ1) is 10.0. The van der Waals surface area contributed by atoms with Crippen LogP contribution in [0.15, 0.2) is 46.0 Å². The minimum absolute atomic E-state index is 0.0610. The van der Waals surface area contributed by atoms with Crippen molar-refractivity contribution < 1.29 is 24.3 Å². The number of carbonyl (C=O) groups excluding carboxylic acids is 1. The molecule has 0 atom stereocenters. The first kappa shape index (κ1) is 16.2. The predicted molar refractivity (Wildman–Crippen MR) is 71.2 cm³/mol. The maximum Gasteiger partial charge on any atom is 0.362 e. The Morgan fingerprint density at radius 1 is 1.38 bits per heavy atom. The van der Waals surface area contributed by atoms with E-state index in [-0.39, 0.29) is 18.0 Å². The topological polar surface area (TPSA) is 124 Å². The van der Waals surface area contributed by atoms with E-state index in [1.165, 1.54) is 31.4 Å². The summed E-state index contributed by atoms with van der Waals surface area (Å²) in [5, 5.41) is 27.6. The van der Waals surface area contributed by atoms with E-state index in [2.05, 4.69) is 19.7 Å². The molecule has 0 radical (unpaired) electrons. The van der Waals surface area contributed by atoms with Crippen LogP contribution in [0.1, 0.15) is 0 Å². The lowest BCUT2D eigenvalue weighted by Crippen LogP contribution is -2.08. The van der Waals surface area contributed by atoms with E-state index < -0.39 is 22.3 Å². The predicted octanol–water partition coefficient (Wildman–Crippen LogP) is 2.27. The van der Waals surface area contributed by atoms with Crippen molar-refractivity contribution in [3.8, 4) is 0 Å². The van der Waals surface area contributed by atoms with Gasteiger partial charge < -0.3 is 14.6 Å². The Morgan fingerprint density at radius 3 is 2.62 bits per heavy atom. The highest BCUT2D eigenvalue weighted by Crippen LogP contribution is 2.27. The van der Waals surface area contributed by atoms with E-state index in [0.29, 0.717) is 0 Å². The number of nitrogens with zero attached hydrogens (tertiary/aromatic N) is 3. The SMILES string of the molecule is COC/C(O)=C(\N=Nc1ccccc1[N+](=O)[O-])C(=O)OC. The average Bonchev–Trinajstić information content (AvgIpc) is 2.47. The molecule has 21 heavy (non-hydrogen) atoms. The van der Waals surface area contributed by atoms with Gasteiger partial charge in [-0.05, 0) is 6.07 Å². The van der Waals surface area contributed by atoms with Crippen molar-refractivity contribution in [2.75, 3.05) is 20.8 Å². The van der Waals surface area contributed by atoms with Crippen molar-refractivity contribution >= 4 is 17.3 Å². The quantitative estimate of drug-likeness (QED) is 0.214. The number of azo groups is 1. The van der Waals surface area contributed by atoms with Crippen molar-refractivity contribution in [2.45, 2.75) is 0 Å². The minimum atomic E-state index is -0.938. The Hall–Kier alpha value is -2.81. The number of aliphatic hydroxyl groups is 1. The molecule has 0 saturated carbocycles. The highest BCUT2D eigenvalue weighted by atomic mass is 16.6. The standard InChI is InChI=1S/C12H13N3O6/c1-20-7-10(16)11(12(17)21-2)14-13-8-5-3-4-6-9(8)15(18)19/h3-6,16H,7H2,1-2H3/b11-10+,14-13?. The fraction of sp³-hybridized carbons (Fsp3) is 0.250. The zero-order chi connectivity index (χ0) is 15.8. The van der Waals surface area contributed by atoms with Crippen LogP contribution in [0.4, 0.5) is 11.4 Å². The first-order valence-corrected chi connectivity index (χ1v) is 5.65. The first-order valence-electron chi connectivity index (χ1n) is 5.65. The van der Waals surface area contributed by atoms with Crippen LogP contribution in [0.5, 0.6) is 0 Å². The maximum absolute atomic E-state index is 11.5. The van der Waals surface area contributed by atoms with Crippen LogP contribution in [0.2, 0.25) is 0 Å². The van der Waals surface area contributed by atoms with E-state index in [4.69, 9.17) is 0 Å². The molecule has 0 aromatic heterocycles. The summed E-state index contributed by atoms with van der Waals surface area (Å²) in [5.41, 5.74) is -0.830. The van der Waals surface area contributed by atoms with Crippen LogP contribution in [-0.4, -0.2) is 36.8 Å². The molecule has 0 fully saturated rings. The zero-order valence-corrected chi connectivity index (χ0v) is 11.3.